The van der Waals surface area contributed by atoms with Gasteiger partial charge in [-0.3, -0.25) is 4.79 Å². The molecule has 4 heteroatoms. The fourth-order valence-electron chi connectivity index (χ4n) is 1.95. The van der Waals surface area contributed by atoms with Crippen LogP contribution in [-0.2, 0) is 0 Å². The van der Waals surface area contributed by atoms with Crippen molar-refractivity contribution in [3.8, 4) is 0 Å². The van der Waals surface area contributed by atoms with Crippen molar-refractivity contribution in [2.75, 3.05) is 5.73 Å². The zero-order valence-corrected chi connectivity index (χ0v) is 9.89. The van der Waals surface area contributed by atoms with Crippen LogP contribution in [0.2, 0.25) is 0 Å². The summed E-state index contributed by atoms with van der Waals surface area (Å²) in [6, 6.07) is 12.3. The van der Waals surface area contributed by atoms with Gasteiger partial charge in [-0.25, -0.2) is 4.39 Å². The minimum absolute atomic E-state index is 0.172. The highest BCUT2D eigenvalue weighted by molar-refractivity contribution is 6.09. The molecule has 0 amide bonds. The first-order valence-electron chi connectivity index (χ1n) is 5.73. The standard InChI is InChI=1S/C15H10FNO2/c16-11-4-5-13-10(6-11)8-14(19-13)15(18)9-2-1-3-12(17)7-9/h1-8H,17H2. The lowest BCUT2D eigenvalue weighted by Crippen LogP contribution is -2.00. The lowest BCUT2D eigenvalue weighted by atomic mass is 10.1. The van der Waals surface area contributed by atoms with Gasteiger partial charge in [0.25, 0.3) is 0 Å². The molecule has 3 rings (SSSR count). The second-order valence-electron chi connectivity index (χ2n) is 4.25. The third-order valence-electron chi connectivity index (χ3n) is 2.85. The van der Waals surface area contributed by atoms with Crippen molar-refractivity contribution in [2.24, 2.45) is 0 Å². The van der Waals surface area contributed by atoms with E-state index in [1.807, 2.05) is 0 Å². The molecule has 0 aliphatic carbocycles. The SMILES string of the molecule is Nc1cccc(C(=O)c2cc3cc(F)ccc3o2)c1. The van der Waals surface area contributed by atoms with E-state index in [9.17, 15) is 9.18 Å². The molecule has 0 aliphatic heterocycles. The number of halogens is 1. The molecule has 19 heavy (non-hydrogen) atoms. The van der Waals surface area contributed by atoms with Gasteiger partial charge in [0.05, 0.1) is 0 Å². The van der Waals surface area contributed by atoms with Crippen molar-refractivity contribution in [2.45, 2.75) is 0 Å². The average molecular weight is 255 g/mol. The molecule has 1 aromatic heterocycles. The summed E-state index contributed by atoms with van der Waals surface area (Å²) in [5, 5.41) is 0.562. The van der Waals surface area contributed by atoms with Crippen LogP contribution in [0.4, 0.5) is 10.1 Å². The van der Waals surface area contributed by atoms with Crippen LogP contribution in [0, 0.1) is 5.82 Å². The number of carbonyl (C=O) groups is 1. The summed E-state index contributed by atoms with van der Waals surface area (Å²) in [6.45, 7) is 0. The molecule has 0 aliphatic rings. The third-order valence-corrected chi connectivity index (χ3v) is 2.85. The molecule has 1 heterocycles. The lowest BCUT2D eigenvalue weighted by Gasteiger charge is -1.98. The Morgan fingerprint density at radius 1 is 1.11 bits per heavy atom. The predicted octanol–water partition coefficient (Wildman–Crippen LogP) is 3.39. The van der Waals surface area contributed by atoms with Crippen LogP contribution >= 0.6 is 0 Å². The first-order valence-corrected chi connectivity index (χ1v) is 5.73. The van der Waals surface area contributed by atoms with Crippen molar-refractivity contribution < 1.29 is 13.6 Å². The Labute approximate surface area is 108 Å². The third kappa shape index (κ3) is 2.08. The average Bonchev–Trinajstić information content (AvgIpc) is 2.80. The maximum atomic E-state index is 13.1. The lowest BCUT2D eigenvalue weighted by molar-refractivity contribution is 0.101. The summed E-state index contributed by atoms with van der Waals surface area (Å²) in [6.07, 6.45) is 0. The van der Waals surface area contributed by atoms with Crippen molar-refractivity contribution in [3.05, 3.63) is 65.7 Å². The van der Waals surface area contributed by atoms with E-state index in [0.29, 0.717) is 22.2 Å². The fourth-order valence-corrected chi connectivity index (χ4v) is 1.95. The summed E-state index contributed by atoms with van der Waals surface area (Å²) in [4.78, 5) is 12.2. The summed E-state index contributed by atoms with van der Waals surface area (Å²) in [7, 11) is 0. The van der Waals surface area contributed by atoms with Crippen LogP contribution in [0.5, 0.6) is 0 Å². The molecular weight excluding hydrogens is 245 g/mol. The van der Waals surface area contributed by atoms with Gasteiger partial charge in [0, 0.05) is 16.6 Å². The van der Waals surface area contributed by atoms with E-state index >= 15 is 0 Å². The molecule has 3 nitrogen and oxygen atoms in total. The van der Waals surface area contributed by atoms with E-state index in [2.05, 4.69) is 0 Å². The number of rotatable bonds is 2. The molecule has 0 saturated heterocycles. The van der Waals surface area contributed by atoms with Gasteiger partial charge in [-0.1, -0.05) is 12.1 Å². The van der Waals surface area contributed by atoms with Crippen LogP contribution < -0.4 is 5.73 Å². The highest BCUT2D eigenvalue weighted by Crippen LogP contribution is 2.22. The van der Waals surface area contributed by atoms with Gasteiger partial charge < -0.3 is 10.2 Å². The normalized spacial score (nSPS) is 10.8. The monoisotopic (exact) mass is 255 g/mol. The maximum Gasteiger partial charge on any atom is 0.228 e. The Morgan fingerprint density at radius 2 is 1.95 bits per heavy atom. The Bertz CT molecular complexity index is 777. The largest absolute Gasteiger partial charge is 0.453 e. The zero-order valence-electron chi connectivity index (χ0n) is 9.89. The molecule has 0 atom stereocenters. The molecule has 0 fully saturated rings. The quantitative estimate of drug-likeness (QED) is 0.564. The molecule has 0 unspecified atom stereocenters. The van der Waals surface area contributed by atoms with E-state index < -0.39 is 0 Å². The van der Waals surface area contributed by atoms with Gasteiger partial charge in [-0.05, 0) is 36.4 Å². The van der Waals surface area contributed by atoms with Crippen LogP contribution in [0.25, 0.3) is 11.0 Å². The first kappa shape index (κ1) is 11.5. The molecule has 0 bridgehead atoms. The number of fused-ring (bicyclic) bond motifs is 1. The number of nitrogens with two attached hydrogens (primary N) is 1. The number of anilines is 1. The number of nitrogen functional groups attached to an aromatic ring is 1. The first-order chi connectivity index (χ1) is 9.13. The number of carbonyl (C=O) groups excluding carboxylic acids is 1. The number of hydrogen-bond donors (Lipinski definition) is 1. The highest BCUT2D eigenvalue weighted by Gasteiger charge is 2.15. The summed E-state index contributed by atoms with van der Waals surface area (Å²) in [5.41, 5.74) is 7.07. The van der Waals surface area contributed by atoms with Gasteiger partial charge in [-0.15, -0.1) is 0 Å². The van der Waals surface area contributed by atoms with Gasteiger partial charge in [0.2, 0.25) is 5.78 Å². The second-order valence-corrected chi connectivity index (χ2v) is 4.25. The number of benzene rings is 2. The van der Waals surface area contributed by atoms with E-state index in [4.69, 9.17) is 10.2 Å². The van der Waals surface area contributed by atoms with E-state index in [-0.39, 0.29) is 17.4 Å². The molecular formula is C15H10FNO2. The second kappa shape index (κ2) is 4.24. The molecule has 3 aromatic rings. The van der Waals surface area contributed by atoms with Gasteiger partial charge in [-0.2, -0.15) is 0 Å². The van der Waals surface area contributed by atoms with Crippen molar-refractivity contribution in [1.29, 1.82) is 0 Å². The summed E-state index contributed by atoms with van der Waals surface area (Å²) >= 11 is 0. The molecule has 0 radical (unpaired) electrons. The number of hydrogen-bond acceptors (Lipinski definition) is 3. The van der Waals surface area contributed by atoms with Crippen LogP contribution in [0.3, 0.4) is 0 Å². The summed E-state index contributed by atoms with van der Waals surface area (Å²) < 4.78 is 18.5. The van der Waals surface area contributed by atoms with Crippen LogP contribution in [-0.4, -0.2) is 5.78 Å². The maximum absolute atomic E-state index is 13.1. The van der Waals surface area contributed by atoms with Crippen LogP contribution in [0.1, 0.15) is 16.1 Å². The Hall–Kier alpha value is -2.62. The van der Waals surface area contributed by atoms with Crippen molar-refractivity contribution >= 4 is 22.4 Å². The topological polar surface area (TPSA) is 56.2 Å². The fraction of sp³-hybridized carbons (Fsp3) is 0. The minimum Gasteiger partial charge on any atom is -0.453 e. The molecule has 0 spiro atoms. The number of ketones is 1. The Balaban J connectivity index is 2.06. The minimum atomic E-state index is -0.365. The van der Waals surface area contributed by atoms with Gasteiger partial charge in [0.1, 0.15) is 11.4 Å². The zero-order chi connectivity index (χ0) is 13.4. The van der Waals surface area contributed by atoms with Crippen molar-refractivity contribution in [1.82, 2.24) is 0 Å². The van der Waals surface area contributed by atoms with Crippen molar-refractivity contribution in [3.63, 3.8) is 0 Å². The summed E-state index contributed by atoms with van der Waals surface area (Å²) in [5.74, 6) is -0.466. The molecule has 2 aromatic carbocycles. The van der Waals surface area contributed by atoms with E-state index in [0.717, 1.165) is 0 Å². The smallest absolute Gasteiger partial charge is 0.228 e. The number of furan rings is 1. The van der Waals surface area contributed by atoms with E-state index in [1.54, 1.807) is 24.3 Å². The Morgan fingerprint density at radius 3 is 2.74 bits per heavy atom. The van der Waals surface area contributed by atoms with Gasteiger partial charge >= 0.3 is 0 Å². The highest BCUT2D eigenvalue weighted by atomic mass is 19.1. The van der Waals surface area contributed by atoms with E-state index in [1.165, 1.54) is 24.3 Å². The predicted molar refractivity (Wildman–Crippen MR) is 70.5 cm³/mol. The van der Waals surface area contributed by atoms with Crippen LogP contribution in [0.15, 0.2) is 52.9 Å². The van der Waals surface area contributed by atoms with Gasteiger partial charge in [0.15, 0.2) is 5.76 Å². The Kier molecular flexibility index (Phi) is 2.56. The molecule has 2 N–H and O–H groups in total. The molecule has 94 valence electrons. The molecule has 0 saturated carbocycles.